The van der Waals surface area contributed by atoms with E-state index < -0.39 is 5.97 Å². The molecule has 7 nitrogen and oxygen atoms in total. The number of hydrogen-bond donors (Lipinski definition) is 1. The molecule has 1 aromatic heterocycles. The van der Waals surface area contributed by atoms with Gasteiger partial charge in [0.2, 0.25) is 5.91 Å². The zero-order chi connectivity index (χ0) is 21.0. The average Bonchev–Trinajstić information content (AvgIpc) is 3.17. The number of nitriles is 1. The second-order valence-corrected chi connectivity index (χ2v) is 7.72. The molecule has 1 aromatic carbocycles. The van der Waals surface area contributed by atoms with Gasteiger partial charge in [0.1, 0.15) is 5.56 Å². The number of hydrogen-bond acceptors (Lipinski definition) is 4. The Morgan fingerprint density at radius 2 is 1.90 bits per heavy atom. The van der Waals surface area contributed by atoms with Gasteiger partial charge >= 0.3 is 5.97 Å². The molecule has 1 N–H and O–H groups in total. The van der Waals surface area contributed by atoms with Crippen LogP contribution in [0.4, 0.5) is 5.82 Å². The molecule has 2 aromatic rings. The molecule has 0 saturated heterocycles. The van der Waals surface area contributed by atoms with E-state index in [4.69, 9.17) is 5.26 Å². The van der Waals surface area contributed by atoms with E-state index >= 15 is 0 Å². The average molecular weight is 394 g/mol. The summed E-state index contributed by atoms with van der Waals surface area (Å²) in [5.74, 6) is -0.423. The minimum Gasteiger partial charge on any atom is -0.477 e. The number of benzene rings is 1. The Kier molecular flexibility index (Phi) is 6.32. The number of carboxylic acid groups (broad SMARTS) is 1. The minimum absolute atomic E-state index is 0.000312. The van der Waals surface area contributed by atoms with Crippen LogP contribution in [-0.2, 0) is 4.79 Å². The number of aromatic carboxylic acids is 1. The van der Waals surface area contributed by atoms with Crippen LogP contribution in [0.3, 0.4) is 0 Å². The van der Waals surface area contributed by atoms with E-state index in [2.05, 4.69) is 18.1 Å². The third kappa shape index (κ3) is 4.48. The summed E-state index contributed by atoms with van der Waals surface area (Å²) < 4.78 is 1.46. The number of carbonyl (C=O) groups excluding carboxylic acids is 1. The summed E-state index contributed by atoms with van der Waals surface area (Å²) in [4.78, 5) is 26.7. The lowest BCUT2D eigenvalue weighted by Gasteiger charge is -2.30. The largest absolute Gasteiger partial charge is 0.477 e. The third-order valence-electron chi connectivity index (χ3n) is 5.52. The molecule has 29 heavy (non-hydrogen) atoms. The van der Waals surface area contributed by atoms with Crippen molar-refractivity contribution in [3.63, 3.8) is 0 Å². The van der Waals surface area contributed by atoms with Crippen molar-refractivity contribution in [2.45, 2.75) is 46.0 Å². The Hall–Kier alpha value is -3.14. The van der Waals surface area contributed by atoms with E-state index in [1.165, 1.54) is 10.9 Å². The highest BCUT2D eigenvalue weighted by Crippen LogP contribution is 2.32. The van der Waals surface area contributed by atoms with E-state index in [1.54, 1.807) is 29.2 Å². The Balaban J connectivity index is 1.96. The number of aromatic nitrogens is 2. The molecule has 0 atom stereocenters. The van der Waals surface area contributed by atoms with Crippen LogP contribution in [0.5, 0.6) is 0 Å². The summed E-state index contributed by atoms with van der Waals surface area (Å²) in [7, 11) is 0. The second-order valence-electron chi connectivity index (χ2n) is 7.72. The third-order valence-corrected chi connectivity index (χ3v) is 5.52. The Morgan fingerprint density at radius 3 is 2.45 bits per heavy atom. The van der Waals surface area contributed by atoms with E-state index in [1.807, 2.05) is 6.92 Å². The van der Waals surface area contributed by atoms with Crippen LogP contribution in [0, 0.1) is 23.2 Å². The number of nitrogens with zero attached hydrogens (tertiary/aromatic N) is 4. The lowest BCUT2D eigenvalue weighted by Crippen LogP contribution is -2.39. The lowest BCUT2D eigenvalue weighted by atomic mass is 9.82. The van der Waals surface area contributed by atoms with Gasteiger partial charge in [0.05, 0.1) is 17.3 Å². The van der Waals surface area contributed by atoms with Crippen LogP contribution in [0.2, 0.25) is 0 Å². The summed E-state index contributed by atoms with van der Waals surface area (Å²) in [5.41, 5.74) is 1.14. The molecule has 0 spiro atoms. The molecule has 1 fully saturated rings. The standard InChI is InChI=1S/C22H26N4O3/c1-3-12-25(21(27)17-8-4-15(2)5-9-17)20-19(22(28)29)14-26(24-20)18-10-6-16(13-23)7-11-18/h6-7,10-11,14-15,17H,3-5,8-9,12H2,1-2H3,(H,28,29). The Bertz CT molecular complexity index is 919. The van der Waals surface area contributed by atoms with Gasteiger partial charge in [-0.15, -0.1) is 5.10 Å². The van der Waals surface area contributed by atoms with Gasteiger partial charge in [0, 0.05) is 18.7 Å². The van der Waals surface area contributed by atoms with Gasteiger partial charge in [-0.25, -0.2) is 9.48 Å². The fraction of sp³-hybridized carbons (Fsp3) is 0.455. The van der Waals surface area contributed by atoms with Gasteiger partial charge in [-0.3, -0.25) is 9.69 Å². The molecule has 1 aliphatic carbocycles. The van der Waals surface area contributed by atoms with Gasteiger partial charge in [0.25, 0.3) is 0 Å². The molecule has 0 bridgehead atoms. The summed E-state index contributed by atoms with van der Waals surface area (Å²) in [6.07, 6.45) is 5.83. The fourth-order valence-electron chi connectivity index (χ4n) is 3.81. The molecule has 3 rings (SSSR count). The molecule has 7 heteroatoms. The molecule has 0 aliphatic heterocycles. The van der Waals surface area contributed by atoms with Crippen LogP contribution in [-0.4, -0.2) is 33.3 Å². The quantitative estimate of drug-likeness (QED) is 0.798. The predicted molar refractivity (Wildman–Crippen MR) is 109 cm³/mol. The van der Waals surface area contributed by atoms with Crippen LogP contribution in [0.15, 0.2) is 30.5 Å². The Morgan fingerprint density at radius 1 is 1.24 bits per heavy atom. The van der Waals surface area contributed by atoms with Crippen molar-refractivity contribution in [2.75, 3.05) is 11.4 Å². The fourth-order valence-corrected chi connectivity index (χ4v) is 3.81. The summed E-state index contributed by atoms with van der Waals surface area (Å²) in [6, 6.07) is 8.76. The van der Waals surface area contributed by atoms with Crippen molar-refractivity contribution in [3.05, 3.63) is 41.6 Å². The smallest absolute Gasteiger partial charge is 0.341 e. The van der Waals surface area contributed by atoms with E-state index in [9.17, 15) is 14.7 Å². The van der Waals surface area contributed by atoms with Crippen LogP contribution >= 0.6 is 0 Å². The molecule has 1 heterocycles. The molecular weight excluding hydrogens is 368 g/mol. The van der Waals surface area contributed by atoms with Crippen LogP contribution in [0.25, 0.3) is 5.69 Å². The highest BCUT2D eigenvalue weighted by atomic mass is 16.4. The van der Waals surface area contributed by atoms with E-state index in [0.29, 0.717) is 30.1 Å². The van der Waals surface area contributed by atoms with Crippen molar-refractivity contribution >= 4 is 17.7 Å². The predicted octanol–water partition coefficient (Wildman–Crippen LogP) is 4.01. The number of amides is 1. The maximum Gasteiger partial charge on any atom is 0.341 e. The Labute approximate surface area is 170 Å². The first-order chi connectivity index (χ1) is 13.9. The molecule has 1 amide bonds. The molecule has 0 radical (unpaired) electrons. The van der Waals surface area contributed by atoms with Gasteiger partial charge in [0.15, 0.2) is 5.82 Å². The maximum atomic E-state index is 13.2. The monoisotopic (exact) mass is 394 g/mol. The number of carbonyl (C=O) groups is 2. The SMILES string of the molecule is CCCN(C(=O)C1CCC(C)CC1)c1nn(-c2ccc(C#N)cc2)cc1C(=O)O. The van der Waals surface area contributed by atoms with Crippen LogP contribution in [0.1, 0.15) is 61.9 Å². The van der Waals surface area contributed by atoms with Crippen molar-refractivity contribution in [2.24, 2.45) is 11.8 Å². The number of rotatable bonds is 6. The lowest BCUT2D eigenvalue weighted by molar-refractivity contribution is -0.123. The first-order valence-corrected chi connectivity index (χ1v) is 10.1. The van der Waals surface area contributed by atoms with Crippen molar-refractivity contribution in [3.8, 4) is 11.8 Å². The maximum absolute atomic E-state index is 13.2. The van der Waals surface area contributed by atoms with Gasteiger partial charge in [-0.1, -0.05) is 13.8 Å². The highest BCUT2D eigenvalue weighted by Gasteiger charge is 2.32. The number of anilines is 1. The minimum atomic E-state index is -1.12. The molecule has 152 valence electrons. The van der Waals surface area contributed by atoms with Crippen molar-refractivity contribution in [1.82, 2.24) is 9.78 Å². The van der Waals surface area contributed by atoms with E-state index in [-0.39, 0.29) is 23.2 Å². The molecule has 0 unspecified atom stereocenters. The first-order valence-electron chi connectivity index (χ1n) is 10.1. The van der Waals surface area contributed by atoms with Gasteiger partial charge in [-0.05, 0) is 62.3 Å². The summed E-state index contributed by atoms with van der Waals surface area (Å²) >= 11 is 0. The van der Waals surface area contributed by atoms with Gasteiger partial charge < -0.3 is 5.11 Å². The second kappa shape index (κ2) is 8.91. The molecule has 1 saturated carbocycles. The normalized spacial score (nSPS) is 18.8. The topological polar surface area (TPSA) is 99.2 Å². The highest BCUT2D eigenvalue weighted by molar-refractivity contribution is 6.01. The van der Waals surface area contributed by atoms with Crippen LogP contribution < -0.4 is 4.90 Å². The van der Waals surface area contributed by atoms with E-state index in [0.717, 1.165) is 25.7 Å². The zero-order valence-electron chi connectivity index (χ0n) is 16.8. The first kappa shape index (κ1) is 20.6. The number of carboxylic acids is 1. The van der Waals surface area contributed by atoms with Gasteiger partial charge in [-0.2, -0.15) is 5.26 Å². The zero-order valence-corrected chi connectivity index (χ0v) is 16.8. The summed E-state index contributed by atoms with van der Waals surface area (Å²) in [5, 5.41) is 23.1. The summed E-state index contributed by atoms with van der Waals surface area (Å²) in [6.45, 7) is 4.59. The molecular formula is C22H26N4O3. The molecule has 1 aliphatic rings. The van der Waals surface area contributed by atoms with Crippen molar-refractivity contribution in [1.29, 1.82) is 5.26 Å². The van der Waals surface area contributed by atoms with Crippen molar-refractivity contribution < 1.29 is 14.7 Å².